The van der Waals surface area contributed by atoms with Crippen LogP contribution in [-0.2, 0) is 0 Å². The lowest BCUT2D eigenvalue weighted by atomic mass is 10.0. The molecule has 0 saturated carbocycles. The Hall–Kier alpha value is -1.56. The molecule has 0 amide bonds. The topological polar surface area (TPSA) is 0 Å². The molecule has 1 aliphatic carbocycles. The van der Waals surface area contributed by atoms with Crippen molar-refractivity contribution in [2.45, 2.75) is 20.8 Å². The Morgan fingerprint density at radius 1 is 0.938 bits per heavy atom. The van der Waals surface area contributed by atoms with Crippen molar-refractivity contribution < 1.29 is 0 Å². The average Bonchev–Trinajstić information content (AvgIpc) is 2.58. The standard InChI is InChI=1S/C14H14.C2H6/c1-12-7-5-6-10-14(11-12)13-8-3-2-4-9-13;1-2/h2-12H,1H3;1-2H3. The van der Waals surface area contributed by atoms with E-state index in [0.29, 0.717) is 5.92 Å². The summed E-state index contributed by atoms with van der Waals surface area (Å²) in [6.45, 7) is 6.20. The van der Waals surface area contributed by atoms with Gasteiger partial charge < -0.3 is 0 Å². The summed E-state index contributed by atoms with van der Waals surface area (Å²) in [7, 11) is 0. The molecule has 0 bridgehead atoms. The maximum absolute atomic E-state index is 2.29. The summed E-state index contributed by atoms with van der Waals surface area (Å²) in [6.07, 6.45) is 10.9. The summed E-state index contributed by atoms with van der Waals surface area (Å²) >= 11 is 0. The highest BCUT2D eigenvalue weighted by atomic mass is 14.1. The molecule has 2 rings (SSSR count). The molecule has 0 aliphatic heterocycles. The van der Waals surface area contributed by atoms with Gasteiger partial charge in [-0.05, 0) is 17.1 Å². The summed E-state index contributed by atoms with van der Waals surface area (Å²) < 4.78 is 0. The van der Waals surface area contributed by atoms with E-state index in [9.17, 15) is 0 Å². The number of rotatable bonds is 1. The van der Waals surface area contributed by atoms with Gasteiger partial charge in [-0.1, -0.05) is 81.5 Å². The number of benzene rings is 1. The zero-order chi connectivity index (χ0) is 11.8. The second-order valence-corrected chi connectivity index (χ2v) is 3.59. The minimum absolute atomic E-state index is 0.514. The quantitative estimate of drug-likeness (QED) is 0.623. The van der Waals surface area contributed by atoms with Gasteiger partial charge in [0.05, 0.1) is 0 Å². The monoisotopic (exact) mass is 212 g/mol. The van der Waals surface area contributed by atoms with Crippen LogP contribution >= 0.6 is 0 Å². The van der Waals surface area contributed by atoms with Crippen LogP contribution in [0.15, 0.2) is 60.7 Å². The first-order chi connectivity index (χ1) is 7.86. The molecule has 0 heterocycles. The maximum Gasteiger partial charge on any atom is -0.00696 e. The van der Waals surface area contributed by atoms with Crippen LogP contribution in [-0.4, -0.2) is 0 Å². The summed E-state index contributed by atoms with van der Waals surface area (Å²) in [5.74, 6) is 0.514. The first kappa shape index (κ1) is 12.5. The van der Waals surface area contributed by atoms with E-state index in [1.807, 2.05) is 19.9 Å². The fourth-order valence-corrected chi connectivity index (χ4v) is 1.62. The average molecular weight is 212 g/mol. The molecule has 16 heavy (non-hydrogen) atoms. The Morgan fingerprint density at radius 2 is 1.62 bits per heavy atom. The van der Waals surface area contributed by atoms with Gasteiger partial charge in [0.1, 0.15) is 0 Å². The molecule has 1 aliphatic rings. The Kier molecular flexibility index (Phi) is 5.35. The van der Waals surface area contributed by atoms with Crippen molar-refractivity contribution in [3.63, 3.8) is 0 Å². The first-order valence-electron chi connectivity index (χ1n) is 5.98. The van der Waals surface area contributed by atoms with Crippen molar-refractivity contribution in [2.75, 3.05) is 0 Å². The van der Waals surface area contributed by atoms with Gasteiger partial charge in [-0.15, -0.1) is 0 Å². The minimum Gasteiger partial charge on any atom is -0.0779 e. The van der Waals surface area contributed by atoms with E-state index in [2.05, 4.69) is 61.6 Å². The highest BCUT2D eigenvalue weighted by Crippen LogP contribution is 2.20. The molecular weight excluding hydrogens is 192 g/mol. The number of allylic oxidation sites excluding steroid dienone is 6. The van der Waals surface area contributed by atoms with Crippen molar-refractivity contribution in [3.05, 3.63) is 66.3 Å². The molecule has 0 radical (unpaired) electrons. The van der Waals surface area contributed by atoms with E-state index in [1.165, 1.54) is 11.1 Å². The highest BCUT2D eigenvalue weighted by molar-refractivity contribution is 5.75. The normalized spacial score (nSPS) is 18.2. The molecule has 1 atom stereocenters. The summed E-state index contributed by atoms with van der Waals surface area (Å²) in [5, 5.41) is 0. The zero-order valence-corrected chi connectivity index (χ0v) is 10.4. The lowest BCUT2D eigenvalue weighted by molar-refractivity contribution is 0.945. The number of hydrogen-bond donors (Lipinski definition) is 0. The third-order valence-electron chi connectivity index (χ3n) is 2.35. The van der Waals surface area contributed by atoms with E-state index in [0.717, 1.165) is 0 Å². The Labute approximate surface area is 99.0 Å². The molecule has 0 spiro atoms. The van der Waals surface area contributed by atoms with Crippen molar-refractivity contribution >= 4 is 5.57 Å². The van der Waals surface area contributed by atoms with Gasteiger partial charge in [-0.3, -0.25) is 0 Å². The van der Waals surface area contributed by atoms with Gasteiger partial charge >= 0.3 is 0 Å². The van der Waals surface area contributed by atoms with Crippen LogP contribution in [0.4, 0.5) is 0 Å². The SMILES string of the molecule is CC.CC1C=CC=CC(c2ccccc2)=C1. The van der Waals surface area contributed by atoms with Crippen LogP contribution in [0.2, 0.25) is 0 Å². The molecule has 0 aromatic heterocycles. The van der Waals surface area contributed by atoms with Crippen molar-refractivity contribution in [3.8, 4) is 0 Å². The smallest absolute Gasteiger partial charge is 0.00696 e. The Balaban J connectivity index is 0.000000606. The Bertz CT molecular complexity index is 380. The molecule has 0 saturated heterocycles. The maximum atomic E-state index is 2.29. The van der Waals surface area contributed by atoms with E-state index < -0.39 is 0 Å². The zero-order valence-electron chi connectivity index (χ0n) is 10.4. The summed E-state index contributed by atoms with van der Waals surface area (Å²) in [5.41, 5.74) is 2.60. The molecule has 1 unspecified atom stereocenters. The van der Waals surface area contributed by atoms with E-state index in [4.69, 9.17) is 0 Å². The minimum atomic E-state index is 0.514. The molecule has 1 aromatic rings. The van der Waals surface area contributed by atoms with Gasteiger partial charge in [0.25, 0.3) is 0 Å². The number of hydrogen-bond acceptors (Lipinski definition) is 0. The first-order valence-corrected chi connectivity index (χ1v) is 5.98. The molecular formula is C16H20. The fraction of sp³-hybridized carbons (Fsp3) is 0.250. The molecule has 84 valence electrons. The molecule has 1 aromatic carbocycles. The van der Waals surface area contributed by atoms with E-state index in [1.54, 1.807) is 0 Å². The predicted octanol–water partition coefficient (Wildman–Crippen LogP) is 4.86. The van der Waals surface area contributed by atoms with E-state index >= 15 is 0 Å². The second kappa shape index (κ2) is 6.84. The van der Waals surface area contributed by atoms with Gasteiger partial charge in [0, 0.05) is 0 Å². The highest BCUT2D eigenvalue weighted by Gasteiger charge is 2.00. The third-order valence-corrected chi connectivity index (χ3v) is 2.35. The second-order valence-electron chi connectivity index (χ2n) is 3.59. The predicted molar refractivity (Wildman–Crippen MR) is 73.2 cm³/mol. The van der Waals surface area contributed by atoms with E-state index in [-0.39, 0.29) is 0 Å². The largest absolute Gasteiger partial charge is 0.0779 e. The van der Waals surface area contributed by atoms with Crippen LogP contribution in [0.25, 0.3) is 5.57 Å². The molecule has 0 heteroatoms. The van der Waals surface area contributed by atoms with Crippen LogP contribution in [0.5, 0.6) is 0 Å². The summed E-state index contributed by atoms with van der Waals surface area (Å²) in [4.78, 5) is 0. The van der Waals surface area contributed by atoms with Gasteiger partial charge in [-0.25, -0.2) is 0 Å². The van der Waals surface area contributed by atoms with Crippen LogP contribution in [0.1, 0.15) is 26.3 Å². The Morgan fingerprint density at radius 3 is 2.31 bits per heavy atom. The lowest BCUT2D eigenvalue weighted by Gasteiger charge is -2.03. The van der Waals surface area contributed by atoms with Crippen LogP contribution in [0.3, 0.4) is 0 Å². The van der Waals surface area contributed by atoms with Gasteiger partial charge in [0.2, 0.25) is 0 Å². The third kappa shape index (κ3) is 3.54. The fourth-order valence-electron chi connectivity index (χ4n) is 1.62. The van der Waals surface area contributed by atoms with Gasteiger partial charge in [0.15, 0.2) is 0 Å². The van der Waals surface area contributed by atoms with Crippen molar-refractivity contribution in [1.29, 1.82) is 0 Å². The molecule has 0 N–H and O–H groups in total. The van der Waals surface area contributed by atoms with Gasteiger partial charge in [-0.2, -0.15) is 0 Å². The molecule has 0 nitrogen and oxygen atoms in total. The van der Waals surface area contributed by atoms with Crippen LogP contribution < -0.4 is 0 Å². The van der Waals surface area contributed by atoms with Crippen molar-refractivity contribution in [1.82, 2.24) is 0 Å². The molecule has 0 fully saturated rings. The van der Waals surface area contributed by atoms with Crippen molar-refractivity contribution in [2.24, 2.45) is 5.92 Å². The lowest BCUT2D eigenvalue weighted by Crippen LogP contribution is -1.85. The van der Waals surface area contributed by atoms with Crippen LogP contribution in [0, 0.1) is 5.92 Å². The summed E-state index contributed by atoms with van der Waals surface area (Å²) in [6, 6.07) is 10.5.